The minimum atomic E-state index is 0.165. The van der Waals surface area contributed by atoms with E-state index in [1.54, 1.807) is 0 Å². The van der Waals surface area contributed by atoms with E-state index in [0.29, 0.717) is 25.2 Å². The van der Waals surface area contributed by atoms with E-state index >= 15 is 0 Å². The van der Waals surface area contributed by atoms with Crippen LogP contribution in [0.2, 0.25) is 0 Å². The van der Waals surface area contributed by atoms with Crippen LogP contribution in [0, 0.1) is 5.92 Å². The van der Waals surface area contributed by atoms with Crippen molar-refractivity contribution in [3.8, 4) is 0 Å². The van der Waals surface area contributed by atoms with E-state index in [0.717, 1.165) is 19.4 Å². The lowest BCUT2D eigenvalue weighted by Gasteiger charge is -2.24. The van der Waals surface area contributed by atoms with Crippen LogP contribution < -0.4 is 5.73 Å². The van der Waals surface area contributed by atoms with Crippen LogP contribution in [-0.4, -0.2) is 32.0 Å². The summed E-state index contributed by atoms with van der Waals surface area (Å²) >= 11 is 0. The van der Waals surface area contributed by atoms with Crippen molar-refractivity contribution in [2.45, 2.75) is 51.7 Å². The second-order valence-corrected chi connectivity index (χ2v) is 4.58. The summed E-state index contributed by atoms with van der Waals surface area (Å²) in [6, 6.07) is 0.165. The van der Waals surface area contributed by atoms with Gasteiger partial charge in [0.05, 0.1) is 19.3 Å². The van der Waals surface area contributed by atoms with Gasteiger partial charge in [0, 0.05) is 12.6 Å². The van der Waals surface area contributed by atoms with Crippen LogP contribution in [0.25, 0.3) is 0 Å². The molecule has 1 rings (SSSR count). The fourth-order valence-electron chi connectivity index (χ4n) is 1.74. The van der Waals surface area contributed by atoms with E-state index in [2.05, 4.69) is 13.8 Å². The summed E-state index contributed by atoms with van der Waals surface area (Å²) in [5.74, 6) is 0.539. The van der Waals surface area contributed by atoms with E-state index in [1.807, 2.05) is 0 Å². The quantitative estimate of drug-likeness (QED) is 0.736. The average Bonchev–Trinajstić information content (AvgIpc) is 2.29. The Balaban J connectivity index is 2.04. The lowest BCUT2D eigenvalue weighted by Crippen LogP contribution is -2.35. The highest BCUT2D eigenvalue weighted by molar-refractivity contribution is 4.68. The summed E-state index contributed by atoms with van der Waals surface area (Å²) < 4.78 is 11.2. The Morgan fingerprint density at radius 2 is 2.27 bits per heavy atom. The van der Waals surface area contributed by atoms with Crippen molar-refractivity contribution < 1.29 is 9.47 Å². The Kier molecular flexibility index (Phi) is 6.22. The Morgan fingerprint density at radius 3 is 2.87 bits per heavy atom. The molecule has 3 atom stereocenters. The molecule has 3 heteroatoms. The van der Waals surface area contributed by atoms with Crippen molar-refractivity contribution >= 4 is 0 Å². The second-order valence-electron chi connectivity index (χ2n) is 4.58. The van der Waals surface area contributed by atoms with Crippen LogP contribution in [0.3, 0.4) is 0 Å². The third-order valence-corrected chi connectivity index (χ3v) is 3.26. The van der Waals surface area contributed by atoms with Crippen LogP contribution in [0.4, 0.5) is 0 Å². The van der Waals surface area contributed by atoms with Gasteiger partial charge in [-0.2, -0.15) is 0 Å². The lowest BCUT2D eigenvalue weighted by atomic mass is 10.0. The molecule has 0 radical (unpaired) electrons. The first-order valence-electron chi connectivity index (χ1n) is 6.19. The van der Waals surface area contributed by atoms with E-state index < -0.39 is 0 Å². The number of ether oxygens (including phenoxy) is 2. The number of hydrogen-bond acceptors (Lipinski definition) is 3. The van der Waals surface area contributed by atoms with Crippen LogP contribution >= 0.6 is 0 Å². The monoisotopic (exact) mass is 215 g/mol. The molecular weight excluding hydrogens is 190 g/mol. The standard InChI is InChI=1S/C12H25NO2/c1-3-10(2)12(13)9-14-8-11-6-4-5-7-15-11/h10-12H,3-9,13H2,1-2H3. The van der Waals surface area contributed by atoms with Gasteiger partial charge in [0.1, 0.15) is 0 Å². The van der Waals surface area contributed by atoms with E-state index in [-0.39, 0.29) is 6.04 Å². The molecule has 0 saturated carbocycles. The number of nitrogens with two attached hydrogens (primary N) is 1. The van der Waals surface area contributed by atoms with Crippen molar-refractivity contribution in [2.24, 2.45) is 11.7 Å². The molecule has 3 nitrogen and oxygen atoms in total. The molecule has 1 aliphatic rings. The Morgan fingerprint density at radius 1 is 1.47 bits per heavy atom. The van der Waals surface area contributed by atoms with Crippen molar-refractivity contribution in [1.82, 2.24) is 0 Å². The SMILES string of the molecule is CCC(C)C(N)COCC1CCCCO1. The molecule has 1 saturated heterocycles. The first-order chi connectivity index (χ1) is 7.24. The third-order valence-electron chi connectivity index (χ3n) is 3.26. The molecule has 1 fully saturated rings. The van der Waals surface area contributed by atoms with Gasteiger partial charge in [-0.15, -0.1) is 0 Å². The van der Waals surface area contributed by atoms with Gasteiger partial charge >= 0.3 is 0 Å². The van der Waals surface area contributed by atoms with Gasteiger partial charge in [0.15, 0.2) is 0 Å². The van der Waals surface area contributed by atoms with E-state index in [1.165, 1.54) is 12.8 Å². The molecule has 0 aromatic carbocycles. The summed E-state index contributed by atoms with van der Waals surface area (Å²) in [4.78, 5) is 0. The van der Waals surface area contributed by atoms with Gasteiger partial charge in [0.25, 0.3) is 0 Å². The molecule has 0 bridgehead atoms. The molecule has 1 aliphatic heterocycles. The molecule has 3 unspecified atom stereocenters. The highest BCUT2D eigenvalue weighted by Gasteiger charge is 2.15. The number of rotatable bonds is 6. The summed E-state index contributed by atoms with van der Waals surface area (Å²) in [7, 11) is 0. The zero-order valence-corrected chi connectivity index (χ0v) is 10.1. The van der Waals surface area contributed by atoms with Gasteiger partial charge in [0.2, 0.25) is 0 Å². The molecule has 2 N–H and O–H groups in total. The summed E-state index contributed by atoms with van der Waals surface area (Å²) in [5, 5.41) is 0. The predicted octanol–water partition coefficient (Wildman–Crippen LogP) is 1.95. The van der Waals surface area contributed by atoms with Gasteiger partial charge in [-0.05, 0) is 25.2 Å². The Hall–Kier alpha value is -0.120. The van der Waals surface area contributed by atoms with Gasteiger partial charge < -0.3 is 15.2 Å². The van der Waals surface area contributed by atoms with Crippen LogP contribution in [0.1, 0.15) is 39.5 Å². The minimum absolute atomic E-state index is 0.165. The molecular formula is C12H25NO2. The van der Waals surface area contributed by atoms with Crippen molar-refractivity contribution in [3.63, 3.8) is 0 Å². The Labute approximate surface area is 93.3 Å². The molecule has 1 heterocycles. The van der Waals surface area contributed by atoms with Crippen LogP contribution in [0.5, 0.6) is 0 Å². The first-order valence-corrected chi connectivity index (χ1v) is 6.19. The fourth-order valence-corrected chi connectivity index (χ4v) is 1.74. The largest absolute Gasteiger partial charge is 0.377 e. The van der Waals surface area contributed by atoms with Gasteiger partial charge in [-0.1, -0.05) is 20.3 Å². The van der Waals surface area contributed by atoms with Crippen molar-refractivity contribution in [1.29, 1.82) is 0 Å². The fraction of sp³-hybridized carbons (Fsp3) is 1.00. The topological polar surface area (TPSA) is 44.5 Å². The van der Waals surface area contributed by atoms with Gasteiger partial charge in [-0.25, -0.2) is 0 Å². The first kappa shape index (κ1) is 12.9. The molecule has 0 aromatic rings. The second kappa shape index (κ2) is 7.20. The maximum absolute atomic E-state index is 5.98. The zero-order valence-electron chi connectivity index (χ0n) is 10.1. The molecule has 0 spiro atoms. The third kappa shape index (κ3) is 4.96. The molecule has 0 aliphatic carbocycles. The summed E-state index contributed by atoms with van der Waals surface area (Å²) in [6.07, 6.45) is 5.03. The highest BCUT2D eigenvalue weighted by atomic mass is 16.5. The molecule has 15 heavy (non-hydrogen) atoms. The minimum Gasteiger partial charge on any atom is -0.377 e. The van der Waals surface area contributed by atoms with E-state index in [9.17, 15) is 0 Å². The summed E-state index contributed by atoms with van der Waals surface area (Å²) in [5.41, 5.74) is 5.98. The maximum atomic E-state index is 5.98. The van der Waals surface area contributed by atoms with E-state index in [4.69, 9.17) is 15.2 Å². The van der Waals surface area contributed by atoms with Gasteiger partial charge in [-0.3, -0.25) is 0 Å². The Bertz CT molecular complexity index is 156. The summed E-state index contributed by atoms with van der Waals surface area (Å²) in [6.45, 7) is 6.60. The number of hydrogen-bond donors (Lipinski definition) is 1. The predicted molar refractivity (Wildman–Crippen MR) is 61.8 cm³/mol. The zero-order chi connectivity index (χ0) is 11.1. The molecule has 0 amide bonds. The smallest absolute Gasteiger partial charge is 0.0808 e. The van der Waals surface area contributed by atoms with Crippen molar-refractivity contribution in [3.05, 3.63) is 0 Å². The normalized spacial score (nSPS) is 26.2. The van der Waals surface area contributed by atoms with Crippen molar-refractivity contribution in [2.75, 3.05) is 19.8 Å². The molecule has 0 aromatic heterocycles. The lowest BCUT2D eigenvalue weighted by molar-refractivity contribution is -0.0445. The van der Waals surface area contributed by atoms with Crippen LogP contribution in [-0.2, 0) is 9.47 Å². The van der Waals surface area contributed by atoms with Crippen LogP contribution in [0.15, 0.2) is 0 Å². The average molecular weight is 215 g/mol. The highest BCUT2D eigenvalue weighted by Crippen LogP contribution is 2.13. The maximum Gasteiger partial charge on any atom is 0.0808 e. The molecule has 90 valence electrons.